The molecular formula is C33H31ClFN7O3S. The maximum absolute atomic E-state index is 15.0. The zero-order valence-electron chi connectivity index (χ0n) is 25.2. The standard InChI is InChI=1S/C33H31ClFN7O3S/c1-42-10-4-5-16(42)13-44-33-39-29-27(32(40-33)38-12-23-17-6-2-3-7-24(17)45-41-23)21-15-43-14-20(21)25(28(29)34)18-8-9-22(35)30-26(18)19(11-36)31(37)46-30/h8-9,16H,2-7,10,12-15,37H2,1H3,(H,38,39,40)/t16-/m0/s1. The smallest absolute Gasteiger partial charge is 0.319 e. The first-order chi connectivity index (χ1) is 22.4. The molecule has 1 saturated heterocycles. The Hall–Kier alpha value is -4.02. The zero-order chi connectivity index (χ0) is 31.5. The number of likely N-dealkylation sites (tertiary alicyclic amines) is 1. The number of ether oxygens (including phenoxy) is 2. The summed E-state index contributed by atoms with van der Waals surface area (Å²) >= 11 is 8.37. The average Bonchev–Trinajstić information content (AvgIpc) is 3.86. The van der Waals surface area contributed by atoms with Crippen LogP contribution in [0.4, 0.5) is 15.2 Å². The number of nitrogen functional groups attached to an aromatic ring is 1. The summed E-state index contributed by atoms with van der Waals surface area (Å²) < 4.78 is 33.2. The van der Waals surface area contributed by atoms with Crippen LogP contribution in [0.3, 0.4) is 0 Å². The molecule has 0 spiro atoms. The molecule has 0 radical (unpaired) electrons. The highest BCUT2D eigenvalue weighted by molar-refractivity contribution is 7.23. The Kier molecular flexibility index (Phi) is 7.44. The van der Waals surface area contributed by atoms with Crippen LogP contribution in [0, 0.1) is 17.1 Å². The van der Waals surface area contributed by atoms with Gasteiger partial charge in [0.1, 0.15) is 40.8 Å². The molecule has 1 aliphatic carbocycles. The van der Waals surface area contributed by atoms with E-state index in [0.29, 0.717) is 57.3 Å². The number of halogens is 2. The second kappa shape index (κ2) is 11.7. The van der Waals surface area contributed by atoms with Gasteiger partial charge in [0.15, 0.2) is 0 Å². The monoisotopic (exact) mass is 659 g/mol. The van der Waals surface area contributed by atoms with Crippen molar-refractivity contribution in [3.05, 3.63) is 56.7 Å². The zero-order valence-corrected chi connectivity index (χ0v) is 26.8. The van der Waals surface area contributed by atoms with Gasteiger partial charge in [0.2, 0.25) is 0 Å². The van der Waals surface area contributed by atoms with Crippen molar-refractivity contribution < 1.29 is 18.4 Å². The molecular weight excluding hydrogens is 629 g/mol. The topological polar surface area (TPSA) is 135 Å². The summed E-state index contributed by atoms with van der Waals surface area (Å²) in [7, 11) is 2.09. The number of anilines is 2. The Labute approximate surface area is 273 Å². The summed E-state index contributed by atoms with van der Waals surface area (Å²) in [6, 6.07) is 5.66. The number of nitrogens with two attached hydrogens (primary N) is 1. The van der Waals surface area contributed by atoms with Crippen LogP contribution in [0.15, 0.2) is 16.7 Å². The van der Waals surface area contributed by atoms with Gasteiger partial charge in [-0.1, -0.05) is 22.8 Å². The van der Waals surface area contributed by atoms with Gasteiger partial charge in [-0.2, -0.15) is 15.2 Å². The lowest BCUT2D eigenvalue weighted by Crippen LogP contribution is -2.31. The molecule has 3 aromatic heterocycles. The van der Waals surface area contributed by atoms with E-state index in [0.717, 1.165) is 89.9 Å². The first-order valence-electron chi connectivity index (χ1n) is 15.5. The molecule has 5 heterocycles. The number of rotatable bonds is 7. The van der Waals surface area contributed by atoms with Crippen LogP contribution in [0.2, 0.25) is 5.02 Å². The highest BCUT2D eigenvalue weighted by Gasteiger charge is 2.31. The predicted molar refractivity (Wildman–Crippen MR) is 175 cm³/mol. The summed E-state index contributed by atoms with van der Waals surface area (Å²) in [4.78, 5) is 12.0. The Balaban J connectivity index is 1.30. The van der Waals surface area contributed by atoms with E-state index in [9.17, 15) is 5.26 Å². The van der Waals surface area contributed by atoms with Crippen LogP contribution >= 0.6 is 22.9 Å². The van der Waals surface area contributed by atoms with E-state index >= 15 is 4.39 Å². The van der Waals surface area contributed by atoms with Gasteiger partial charge in [-0.25, -0.2) is 4.39 Å². The minimum Gasteiger partial charge on any atom is -0.462 e. The van der Waals surface area contributed by atoms with Crippen LogP contribution in [-0.4, -0.2) is 46.3 Å². The number of nitrogens with one attached hydrogen (secondary N) is 1. The van der Waals surface area contributed by atoms with Crippen molar-refractivity contribution in [1.29, 1.82) is 5.26 Å². The molecule has 10 nitrogen and oxygen atoms in total. The first-order valence-corrected chi connectivity index (χ1v) is 16.7. The lowest BCUT2D eigenvalue weighted by Gasteiger charge is -2.21. The van der Waals surface area contributed by atoms with Crippen molar-refractivity contribution in [2.24, 2.45) is 0 Å². The van der Waals surface area contributed by atoms with Crippen LogP contribution in [-0.2, 0) is 37.3 Å². The summed E-state index contributed by atoms with van der Waals surface area (Å²) in [5.74, 6) is 1.07. The summed E-state index contributed by atoms with van der Waals surface area (Å²) in [6.07, 6.45) is 6.19. The van der Waals surface area contributed by atoms with Gasteiger partial charge < -0.3 is 29.9 Å². The number of nitriles is 1. The molecule has 5 aromatic rings. The highest BCUT2D eigenvalue weighted by Crippen LogP contribution is 2.49. The molecule has 236 valence electrons. The number of benzene rings is 2. The van der Waals surface area contributed by atoms with E-state index in [4.69, 9.17) is 41.3 Å². The van der Waals surface area contributed by atoms with E-state index in [-0.39, 0.29) is 29.2 Å². The second-order valence-electron chi connectivity index (χ2n) is 12.1. The maximum Gasteiger partial charge on any atom is 0.319 e. The van der Waals surface area contributed by atoms with Crippen molar-refractivity contribution in [2.75, 3.05) is 31.2 Å². The number of aromatic nitrogens is 3. The molecule has 1 fully saturated rings. The molecule has 8 rings (SSSR count). The van der Waals surface area contributed by atoms with E-state index < -0.39 is 5.82 Å². The summed E-state index contributed by atoms with van der Waals surface area (Å²) in [6.45, 7) is 2.45. The van der Waals surface area contributed by atoms with Gasteiger partial charge in [-0.3, -0.25) is 0 Å². The SMILES string of the molecule is CN1CCC[C@H]1COc1nc(NCc2noc3c2CCCC3)c2c3c(c(-c4ccc(F)c5sc(N)c(C#N)c45)c(Cl)c2n1)COC3. The molecule has 3 N–H and O–H groups in total. The van der Waals surface area contributed by atoms with Crippen molar-refractivity contribution >= 4 is 54.7 Å². The van der Waals surface area contributed by atoms with Gasteiger partial charge in [-0.05, 0) is 68.5 Å². The number of likely N-dealkylation sites (N-methyl/N-ethyl adjacent to an activating group) is 1. The fraction of sp³-hybridized carbons (Fsp3) is 0.394. The van der Waals surface area contributed by atoms with E-state index in [1.54, 1.807) is 6.07 Å². The van der Waals surface area contributed by atoms with E-state index in [1.807, 2.05) is 0 Å². The maximum atomic E-state index is 15.0. The lowest BCUT2D eigenvalue weighted by molar-refractivity contribution is 0.135. The number of nitrogens with zero attached hydrogens (tertiary/aromatic N) is 5. The second-order valence-corrected chi connectivity index (χ2v) is 13.6. The van der Waals surface area contributed by atoms with Gasteiger partial charge in [-0.15, -0.1) is 11.3 Å². The van der Waals surface area contributed by atoms with Crippen LogP contribution < -0.4 is 15.8 Å². The summed E-state index contributed by atoms with van der Waals surface area (Å²) in [5, 5.41) is 19.6. The molecule has 2 aromatic carbocycles. The van der Waals surface area contributed by atoms with Gasteiger partial charge in [0.05, 0.1) is 45.9 Å². The molecule has 2 aliphatic heterocycles. The molecule has 13 heteroatoms. The number of aryl methyl sites for hydroxylation is 1. The van der Waals surface area contributed by atoms with Gasteiger partial charge in [0.25, 0.3) is 0 Å². The molecule has 46 heavy (non-hydrogen) atoms. The number of thiophene rings is 1. The third-order valence-electron chi connectivity index (χ3n) is 9.51. The molecule has 0 saturated carbocycles. The minimum absolute atomic E-state index is 0.200. The Morgan fingerprint density at radius 1 is 1.17 bits per heavy atom. The van der Waals surface area contributed by atoms with Crippen LogP contribution in [0.5, 0.6) is 6.01 Å². The number of fused-ring (bicyclic) bond motifs is 5. The minimum atomic E-state index is -0.446. The fourth-order valence-electron chi connectivity index (χ4n) is 7.11. The Morgan fingerprint density at radius 3 is 2.85 bits per heavy atom. The Bertz CT molecular complexity index is 2070. The first kappa shape index (κ1) is 29.4. The predicted octanol–water partition coefficient (Wildman–Crippen LogP) is 6.74. The molecule has 0 unspecified atom stereocenters. The van der Waals surface area contributed by atoms with Crippen LogP contribution in [0.25, 0.3) is 32.1 Å². The molecule has 0 amide bonds. The molecule has 1 atom stereocenters. The number of hydrogen-bond donors (Lipinski definition) is 2. The molecule has 0 bridgehead atoms. The quantitative estimate of drug-likeness (QED) is 0.193. The van der Waals surface area contributed by atoms with Crippen LogP contribution in [0.1, 0.15) is 59.4 Å². The van der Waals surface area contributed by atoms with Gasteiger partial charge in [0, 0.05) is 29.0 Å². The Morgan fingerprint density at radius 2 is 2.02 bits per heavy atom. The number of hydrogen-bond acceptors (Lipinski definition) is 11. The average molecular weight is 660 g/mol. The highest BCUT2D eigenvalue weighted by atomic mass is 35.5. The van der Waals surface area contributed by atoms with Crippen molar-refractivity contribution in [2.45, 2.75) is 64.3 Å². The third-order valence-corrected chi connectivity index (χ3v) is 10.9. The third kappa shape index (κ3) is 4.76. The molecule has 3 aliphatic rings. The fourth-order valence-corrected chi connectivity index (χ4v) is 8.41. The summed E-state index contributed by atoms with van der Waals surface area (Å²) in [5.41, 5.74) is 11.9. The van der Waals surface area contributed by atoms with E-state index in [2.05, 4.69) is 28.5 Å². The normalized spacial score (nSPS) is 17.8. The van der Waals surface area contributed by atoms with E-state index in [1.165, 1.54) is 6.07 Å². The lowest BCUT2D eigenvalue weighted by atomic mass is 9.91. The van der Waals surface area contributed by atoms with Crippen molar-refractivity contribution in [3.8, 4) is 23.2 Å². The van der Waals surface area contributed by atoms with Crippen molar-refractivity contribution in [1.82, 2.24) is 20.0 Å². The largest absolute Gasteiger partial charge is 0.462 e. The van der Waals surface area contributed by atoms with Crippen molar-refractivity contribution in [3.63, 3.8) is 0 Å². The van der Waals surface area contributed by atoms with Gasteiger partial charge >= 0.3 is 6.01 Å².